The second-order valence-electron chi connectivity index (χ2n) is 4.39. The van der Waals surface area contributed by atoms with Crippen LogP contribution in [0, 0.1) is 5.92 Å². The summed E-state index contributed by atoms with van der Waals surface area (Å²) in [7, 11) is 1.57. The number of nitrogens with zero attached hydrogens (tertiary/aromatic N) is 1. The van der Waals surface area contributed by atoms with E-state index in [0.29, 0.717) is 12.0 Å². The summed E-state index contributed by atoms with van der Waals surface area (Å²) in [5.41, 5.74) is 0. The first-order valence-corrected chi connectivity index (χ1v) is 5.66. The van der Waals surface area contributed by atoms with Crippen molar-refractivity contribution in [3.05, 3.63) is 0 Å². The fourth-order valence-electron chi connectivity index (χ4n) is 2.01. The van der Waals surface area contributed by atoms with Crippen LogP contribution in [0.1, 0.15) is 20.3 Å². The summed E-state index contributed by atoms with van der Waals surface area (Å²) < 4.78 is 4.91. The van der Waals surface area contributed by atoms with E-state index in [1.165, 1.54) is 0 Å². The summed E-state index contributed by atoms with van der Waals surface area (Å²) in [5.74, 6) is 0.594. The summed E-state index contributed by atoms with van der Waals surface area (Å²) in [4.78, 5) is 13.8. The van der Waals surface area contributed by atoms with Crippen molar-refractivity contribution in [2.24, 2.45) is 5.92 Å². The van der Waals surface area contributed by atoms with Crippen LogP contribution in [0.25, 0.3) is 0 Å². The molecule has 0 saturated carbocycles. The zero-order valence-electron chi connectivity index (χ0n) is 9.95. The van der Waals surface area contributed by atoms with Crippen molar-refractivity contribution in [1.29, 1.82) is 0 Å². The third kappa shape index (κ3) is 3.47. The van der Waals surface area contributed by atoms with Gasteiger partial charge < -0.3 is 15.0 Å². The van der Waals surface area contributed by atoms with Crippen LogP contribution in [-0.2, 0) is 9.53 Å². The van der Waals surface area contributed by atoms with Crippen molar-refractivity contribution in [2.45, 2.75) is 26.3 Å². The van der Waals surface area contributed by atoms with Crippen molar-refractivity contribution >= 4 is 5.91 Å². The van der Waals surface area contributed by atoms with Crippen molar-refractivity contribution in [3.63, 3.8) is 0 Å². The van der Waals surface area contributed by atoms with Crippen molar-refractivity contribution in [1.82, 2.24) is 10.2 Å². The average molecular weight is 214 g/mol. The van der Waals surface area contributed by atoms with Crippen LogP contribution in [0.2, 0.25) is 0 Å². The van der Waals surface area contributed by atoms with Crippen LogP contribution < -0.4 is 5.32 Å². The molecule has 88 valence electrons. The zero-order chi connectivity index (χ0) is 11.3. The van der Waals surface area contributed by atoms with Crippen LogP contribution in [0.5, 0.6) is 0 Å². The predicted molar refractivity (Wildman–Crippen MR) is 59.7 cm³/mol. The normalized spacial score (nSPS) is 22.9. The van der Waals surface area contributed by atoms with Gasteiger partial charge in [0.05, 0.1) is 0 Å². The van der Waals surface area contributed by atoms with Gasteiger partial charge in [-0.1, -0.05) is 13.8 Å². The lowest BCUT2D eigenvalue weighted by molar-refractivity contribution is -0.138. The molecule has 1 aliphatic rings. The third-order valence-electron chi connectivity index (χ3n) is 2.86. The van der Waals surface area contributed by atoms with Gasteiger partial charge in [0.15, 0.2) is 0 Å². The van der Waals surface area contributed by atoms with Gasteiger partial charge in [0.2, 0.25) is 5.91 Å². The highest BCUT2D eigenvalue weighted by molar-refractivity contribution is 5.77. The maximum absolute atomic E-state index is 11.8. The molecular formula is C11H22N2O2. The SMILES string of the molecule is COCC(=O)N1CCCNCC1C(C)C. The van der Waals surface area contributed by atoms with E-state index in [-0.39, 0.29) is 12.5 Å². The van der Waals surface area contributed by atoms with Crippen molar-refractivity contribution in [2.75, 3.05) is 33.4 Å². The number of methoxy groups -OCH3 is 1. The Bertz CT molecular complexity index is 207. The fraction of sp³-hybridized carbons (Fsp3) is 0.909. The number of carbonyl (C=O) groups excluding carboxylic acids is 1. The van der Waals surface area contributed by atoms with Crippen LogP contribution in [-0.4, -0.2) is 50.2 Å². The second-order valence-corrected chi connectivity index (χ2v) is 4.39. The van der Waals surface area contributed by atoms with Crippen LogP contribution in [0.15, 0.2) is 0 Å². The predicted octanol–water partition coefficient (Wildman–Crippen LogP) is 0.479. The molecule has 1 saturated heterocycles. The minimum absolute atomic E-state index is 0.111. The van der Waals surface area contributed by atoms with E-state index in [1.54, 1.807) is 7.11 Å². The Morgan fingerprint density at radius 3 is 2.93 bits per heavy atom. The molecule has 0 aromatic rings. The Labute approximate surface area is 92.0 Å². The maximum Gasteiger partial charge on any atom is 0.248 e. The lowest BCUT2D eigenvalue weighted by atomic mass is 10.0. The molecule has 4 nitrogen and oxygen atoms in total. The van der Waals surface area contributed by atoms with E-state index >= 15 is 0 Å². The molecule has 1 rings (SSSR count). The van der Waals surface area contributed by atoms with Crippen LogP contribution in [0.4, 0.5) is 0 Å². The Morgan fingerprint density at radius 2 is 2.33 bits per heavy atom. The first kappa shape index (κ1) is 12.5. The largest absolute Gasteiger partial charge is 0.375 e. The lowest BCUT2D eigenvalue weighted by Gasteiger charge is -2.32. The van der Waals surface area contributed by atoms with Crippen LogP contribution >= 0.6 is 0 Å². The van der Waals surface area contributed by atoms with E-state index in [4.69, 9.17) is 4.74 Å². The molecule has 15 heavy (non-hydrogen) atoms. The molecule has 1 unspecified atom stereocenters. The molecule has 0 aliphatic carbocycles. The molecule has 0 bridgehead atoms. The summed E-state index contributed by atoms with van der Waals surface area (Å²) in [6.07, 6.45) is 1.03. The van der Waals surface area contributed by atoms with Gasteiger partial charge in [0.1, 0.15) is 6.61 Å². The van der Waals surface area contributed by atoms with E-state index in [0.717, 1.165) is 26.1 Å². The molecule has 1 aliphatic heterocycles. The standard InChI is InChI=1S/C11H22N2O2/c1-9(2)10-7-12-5-4-6-13(10)11(14)8-15-3/h9-10,12H,4-8H2,1-3H3. The minimum atomic E-state index is 0.111. The van der Waals surface area contributed by atoms with Gasteiger partial charge >= 0.3 is 0 Å². The van der Waals surface area contributed by atoms with Crippen molar-refractivity contribution < 1.29 is 9.53 Å². The highest BCUT2D eigenvalue weighted by Crippen LogP contribution is 2.13. The molecule has 1 heterocycles. The molecule has 1 atom stereocenters. The smallest absolute Gasteiger partial charge is 0.248 e. The number of nitrogens with one attached hydrogen (secondary N) is 1. The van der Waals surface area contributed by atoms with Crippen molar-refractivity contribution in [3.8, 4) is 0 Å². The molecule has 0 aromatic heterocycles. The molecule has 1 fully saturated rings. The van der Waals surface area contributed by atoms with Gasteiger partial charge in [-0.25, -0.2) is 0 Å². The van der Waals surface area contributed by atoms with E-state index < -0.39 is 0 Å². The minimum Gasteiger partial charge on any atom is -0.375 e. The van der Waals surface area contributed by atoms with Gasteiger partial charge in [-0.15, -0.1) is 0 Å². The summed E-state index contributed by atoms with van der Waals surface area (Å²) in [6.45, 7) is 7.25. The Balaban J connectivity index is 2.65. The summed E-state index contributed by atoms with van der Waals surface area (Å²) >= 11 is 0. The second kappa shape index (κ2) is 6.08. The Hall–Kier alpha value is -0.610. The van der Waals surface area contributed by atoms with E-state index in [1.807, 2.05) is 4.90 Å². The van der Waals surface area contributed by atoms with Crippen LogP contribution in [0.3, 0.4) is 0 Å². The van der Waals surface area contributed by atoms with Gasteiger partial charge in [0.25, 0.3) is 0 Å². The number of amides is 1. The highest BCUT2D eigenvalue weighted by Gasteiger charge is 2.27. The molecule has 4 heteroatoms. The highest BCUT2D eigenvalue weighted by atomic mass is 16.5. The van der Waals surface area contributed by atoms with E-state index in [9.17, 15) is 4.79 Å². The monoisotopic (exact) mass is 214 g/mol. The van der Waals surface area contributed by atoms with Gasteiger partial charge in [-0.3, -0.25) is 4.79 Å². The third-order valence-corrected chi connectivity index (χ3v) is 2.86. The van der Waals surface area contributed by atoms with E-state index in [2.05, 4.69) is 19.2 Å². The lowest BCUT2D eigenvalue weighted by Crippen LogP contribution is -2.47. The molecule has 0 radical (unpaired) electrons. The van der Waals surface area contributed by atoms with Gasteiger partial charge in [-0.2, -0.15) is 0 Å². The first-order chi connectivity index (χ1) is 7.16. The van der Waals surface area contributed by atoms with Gasteiger partial charge in [-0.05, 0) is 18.9 Å². The zero-order valence-corrected chi connectivity index (χ0v) is 9.95. The first-order valence-electron chi connectivity index (χ1n) is 5.66. The number of carbonyl (C=O) groups is 1. The Kier molecular flexibility index (Phi) is 5.05. The number of hydrogen-bond acceptors (Lipinski definition) is 3. The quantitative estimate of drug-likeness (QED) is 0.743. The molecule has 1 amide bonds. The molecular weight excluding hydrogens is 192 g/mol. The molecule has 1 N–H and O–H groups in total. The number of hydrogen-bond donors (Lipinski definition) is 1. The number of rotatable bonds is 3. The summed E-state index contributed by atoms with van der Waals surface area (Å²) in [5, 5.41) is 3.37. The number of ether oxygens (including phenoxy) is 1. The van der Waals surface area contributed by atoms with Gasteiger partial charge in [0, 0.05) is 26.2 Å². The summed E-state index contributed by atoms with van der Waals surface area (Å²) in [6, 6.07) is 0.301. The fourth-order valence-corrected chi connectivity index (χ4v) is 2.01. The molecule has 0 spiro atoms. The maximum atomic E-state index is 11.8. The Morgan fingerprint density at radius 1 is 1.60 bits per heavy atom. The molecule has 0 aromatic carbocycles. The topological polar surface area (TPSA) is 41.6 Å². The average Bonchev–Trinajstić information content (AvgIpc) is 2.42.